The van der Waals surface area contributed by atoms with Gasteiger partial charge in [-0.1, -0.05) is 0 Å². The highest BCUT2D eigenvalue weighted by Gasteiger charge is 2.30. The summed E-state index contributed by atoms with van der Waals surface area (Å²) in [5.74, 6) is -0.00251. The minimum absolute atomic E-state index is 0.621. The van der Waals surface area contributed by atoms with E-state index >= 15 is 0 Å². The van der Waals surface area contributed by atoms with E-state index in [-0.39, 0.29) is 0 Å². The molecule has 78 valence electrons. The standard InChI is InChI=1S/C10H11N3O2/c1-15-7-3-2-6-5-10(12,9(11)14)13-8(6)4-7/h2-5H,12H2,1H3,(H2,11,14). The Bertz CT molecular complexity index is 538. The number of hydrogen-bond acceptors (Lipinski definition) is 4. The van der Waals surface area contributed by atoms with Crippen molar-refractivity contribution in [3.63, 3.8) is 0 Å². The molecule has 0 saturated heterocycles. The van der Waals surface area contributed by atoms with Gasteiger partial charge in [0.1, 0.15) is 5.75 Å². The molecule has 0 bridgehead atoms. The van der Waals surface area contributed by atoms with E-state index in [9.17, 15) is 4.79 Å². The summed E-state index contributed by atoms with van der Waals surface area (Å²) in [5, 5.41) is 1.41. The first kappa shape index (κ1) is 9.67. The number of ether oxygens (including phenoxy) is 1. The normalized spacial score (nSPS) is 22.5. The van der Waals surface area contributed by atoms with Crippen LogP contribution in [-0.4, -0.2) is 18.7 Å². The van der Waals surface area contributed by atoms with Gasteiger partial charge in [0, 0.05) is 11.3 Å². The van der Waals surface area contributed by atoms with E-state index in [2.05, 4.69) is 4.99 Å². The number of carbonyl (C=O) groups is 1. The fourth-order valence-electron chi connectivity index (χ4n) is 1.46. The molecule has 1 unspecified atom stereocenters. The topological polar surface area (TPSA) is 90.7 Å². The molecule has 1 aliphatic heterocycles. The molecule has 1 aromatic carbocycles. The van der Waals surface area contributed by atoms with Gasteiger partial charge in [0.2, 0.25) is 5.66 Å². The van der Waals surface area contributed by atoms with Crippen molar-refractivity contribution in [2.24, 2.45) is 16.5 Å². The van der Waals surface area contributed by atoms with Gasteiger partial charge in [-0.15, -0.1) is 0 Å². The largest absolute Gasteiger partial charge is 0.497 e. The van der Waals surface area contributed by atoms with Crippen molar-refractivity contribution in [3.8, 4) is 5.75 Å². The number of hydrogen-bond donors (Lipinski definition) is 2. The maximum absolute atomic E-state index is 11.1. The van der Waals surface area contributed by atoms with Crippen molar-refractivity contribution in [1.29, 1.82) is 0 Å². The van der Waals surface area contributed by atoms with Crippen molar-refractivity contribution >= 4 is 12.0 Å². The third-order valence-electron chi connectivity index (χ3n) is 2.31. The Hall–Kier alpha value is -1.88. The first-order valence-corrected chi connectivity index (χ1v) is 4.41. The number of nitrogens with zero attached hydrogens (tertiary/aromatic N) is 1. The number of nitrogens with two attached hydrogens (primary N) is 2. The zero-order chi connectivity index (χ0) is 11.1. The van der Waals surface area contributed by atoms with Crippen LogP contribution in [0.5, 0.6) is 5.75 Å². The van der Waals surface area contributed by atoms with Gasteiger partial charge in [-0.3, -0.25) is 10.5 Å². The van der Waals surface area contributed by atoms with Crippen LogP contribution in [0.25, 0.3) is 6.08 Å². The van der Waals surface area contributed by atoms with Gasteiger partial charge in [-0.2, -0.15) is 0 Å². The van der Waals surface area contributed by atoms with Crippen LogP contribution in [0.1, 0.15) is 0 Å². The molecule has 1 aliphatic rings. The number of methoxy groups -OCH3 is 1. The second-order valence-electron chi connectivity index (χ2n) is 3.37. The summed E-state index contributed by atoms with van der Waals surface area (Å²) < 4.78 is 5.04. The van der Waals surface area contributed by atoms with Crippen LogP contribution in [0, 0.1) is 0 Å². The SMILES string of the molecule is COc1ccc2c(c1)=NC(N)(C(N)=O)C=2. The molecule has 5 nitrogen and oxygen atoms in total. The van der Waals surface area contributed by atoms with Gasteiger partial charge in [0.05, 0.1) is 12.5 Å². The van der Waals surface area contributed by atoms with Gasteiger partial charge in [-0.25, -0.2) is 4.99 Å². The molecular weight excluding hydrogens is 194 g/mol. The van der Waals surface area contributed by atoms with E-state index in [0.29, 0.717) is 11.1 Å². The van der Waals surface area contributed by atoms with Crippen LogP contribution >= 0.6 is 0 Å². The third kappa shape index (κ3) is 1.46. The molecule has 0 aromatic heterocycles. The van der Waals surface area contributed by atoms with E-state index in [1.807, 2.05) is 0 Å². The molecule has 0 radical (unpaired) electrons. The lowest BCUT2D eigenvalue weighted by atomic mass is 10.1. The molecule has 1 atom stereocenters. The lowest BCUT2D eigenvalue weighted by Crippen LogP contribution is -2.47. The first-order valence-electron chi connectivity index (χ1n) is 4.41. The molecule has 0 saturated carbocycles. The maximum atomic E-state index is 11.1. The smallest absolute Gasteiger partial charge is 0.264 e. The molecule has 0 aliphatic carbocycles. The minimum atomic E-state index is -1.42. The summed E-state index contributed by atoms with van der Waals surface area (Å²) in [6, 6.07) is 5.27. The summed E-state index contributed by atoms with van der Waals surface area (Å²) in [6.45, 7) is 0. The first-order chi connectivity index (χ1) is 7.05. The average Bonchev–Trinajstić information content (AvgIpc) is 2.54. The quantitative estimate of drug-likeness (QED) is 0.599. The molecule has 5 heteroatoms. The molecule has 0 fully saturated rings. The van der Waals surface area contributed by atoms with Gasteiger partial charge in [0.15, 0.2) is 0 Å². The van der Waals surface area contributed by atoms with Crippen molar-refractivity contribution < 1.29 is 9.53 Å². The highest BCUT2D eigenvalue weighted by molar-refractivity contribution is 5.91. The Morgan fingerprint density at radius 2 is 2.27 bits per heavy atom. The molecule has 4 N–H and O–H groups in total. The highest BCUT2D eigenvalue weighted by Crippen LogP contribution is 2.08. The number of primary amides is 1. The number of benzene rings is 1. The van der Waals surface area contributed by atoms with E-state index in [4.69, 9.17) is 16.2 Å². The Balaban J connectivity index is 2.63. The fourth-order valence-corrected chi connectivity index (χ4v) is 1.46. The molecule has 1 heterocycles. The van der Waals surface area contributed by atoms with E-state index < -0.39 is 11.6 Å². The second-order valence-corrected chi connectivity index (χ2v) is 3.37. The van der Waals surface area contributed by atoms with Gasteiger partial charge in [-0.05, 0) is 18.2 Å². The predicted molar refractivity (Wildman–Crippen MR) is 54.4 cm³/mol. The zero-order valence-electron chi connectivity index (χ0n) is 8.23. The van der Waals surface area contributed by atoms with Crippen LogP contribution in [-0.2, 0) is 4.79 Å². The molecule has 2 rings (SSSR count). The Labute approximate surface area is 86.0 Å². The van der Waals surface area contributed by atoms with Gasteiger partial charge >= 0.3 is 0 Å². The highest BCUT2D eigenvalue weighted by atomic mass is 16.5. The Morgan fingerprint density at radius 3 is 2.87 bits per heavy atom. The summed E-state index contributed by atoms with van der Waals surface area (Å²) in [5.41, 5.74) is 9.45. The van der Waals surface area contributed by atoms with Crippen molar-refractivity contribution in [1.82, 2.24) is 0 Å². The predicted octanol–water partition coefficient (Wildman–Crippen LogP) is -1.75. The summed E-state index contributed by atoms with van der Waals surface area (Å²) >= 11 is 0. The molecular formula is C10H11N3O2. The molecule has 0 spiro atoms. The van der Waals surface area contributed by atoms with E-state index in [1.54, 1.807) is 31.4 Å². The monoisotopic (exact) mass is 205 g/mol. The van der Waals surface area contributed by atoms with Crippen LogP contribution < -0.4 is 26.8 Å². The Morgan fingerprint density at radius 1 is 1.53 bits per heavy atom. The molecule has 15 heavy (non-hydrogen) atoms. The zero-order valence-corrected chi connectivity index (χ0v) is 8.23. The number of fused-ring (bicyclic) bond motifs is 1. The van der Waals surface area contributed by atoms with Crippen LogP contribution in [0.15, 0.2) is 23.2 Å². The van der Waals surface area contributed by atoms with Crippen molar-refractivity contribution in [2.45, 2.75) is 5.66 Å². The summed E-state index contributed by atoms with van der Waals surface area (Å²) in [7, 11) is 1.56. The number of rotatable bonds is 2. The van der Waals surface area contributed by atoms with Crippen molar-refractivity contribution in [3.05, 3.63) is 28.8 Å². The average molecular weight is 205 g/mol. The van der Waals surface area contributed by atoms with Gasteiger partial charge in [0.25, 0.3) is 5.91 Å². The van der Waals surface area contributed by atoms with Crippen LogP contribution in [0.4, 0.5) is 0 Å². The second kappa shape index (κ2) is 3.06. The molecule has 1 amide bonds. The van der Waals surface area contributed by atoms with Crippen molar-refractivity contribution in [2.75, 3.05) is 7.11 Å². The van der Waals surface area contributed by atoms with Crippen LogP contribution in [0.3, 0.4) is 0 Å². The fraction of sp³-hybridized carbons (Fsp3) is 0.200. The van der Waals surface area contributed by atoms with E-state index in [0.717, 1.165) is 5.22 Å². The Kier molecular flexibility index (Phi) is 1.97. The number of amides is 1. The third-order valence-corrected chi connectivity index (χ3v) is 2.31. The molecule has 1 aromatic rings. The maximum Gasteiger partial charge on any atom is 0.264 e. The van der Waals surface area contributed by atoms with Gasteiger partial charge < -0.3 is 10.5 Å². The van der Waals surface area contributed by atoms with E-state index in [1.165, 1.54) is 0 Å². The summed E-state index contributed by atoms with van der Waals surface area (Å²) in [6.07, 6.45) is 1.55. The minimum Gasteiger partial charge on any atom is -0.497 e. The number of carbonyl (C=O) groups excluding carboxylic acids is 1. The summed E-state index contributed by atoms with van der Waals surface area (Å²) in [4.78, 5) is 15.1. The lowest BCUT2D eigenvalue weighted by molar-refractivity contribution is -0.120. The van der Waals surface area contributed by atoms with Crippen LogP contribution in [0.2, 0.25) is 0 Å². The lowest BCUT2D eigenvalue weighted by Gasteiger charge is -2.12.